The third kappa shape index (κ3) is 4.41. The maximum absolute atomic E-state index is 11.4. The molecule has 0 spiro atoms. The number of hydrogen-bond acceptors (Lipinski definition) is 5. The van der Waals surface area contributed by atoms with Gasteiger partial charge in [-0.05, 0) is 60.7 Å². The standard InChI is InChI=1S/C21H12N2O4/c22-12-14-1-5-17(6-2-14)26-19-9-16(21(24)25)10-20(11-19)27-18-7-3-15(13-23)4-8-18/h1-11H,(H,24,25). The summed E-state index contributed by atoms with van der Waals surface area (Å²) < 4.78 is 11.4. The maximum Gasteiger partial charge on any atom is 0.335 e. The molecule has 130 valence electrons. The Morgan fingerprint density at radius 2 is 1.11 bits per heavy atom. The van der Waals surface area contributed by atoms with Crippen molar-refractivity contribution in [2.75, 3.05) is 0 Å². The minimum absolute atomic E-state index is 0.00444. The normalized spacial score (nSPS) is 9.70. The molecule has 0 radical (unpaired) electrons. The number of ether oxygens (including phenoxy) is 2. The van der Waals surface area contributed by atoms with Gasteiger partial charge in [0.05, 0.1) is 28.8 Å². The van der Waals surface area contributed by atoms with Crippen LogP contribution >= 0.6 is 0 Å². The van der Waals surface area contributed by atoms with Crippen LogP contribution in [0.5, 0.6) is 23.0 Å². The van der Waals surface area contributed by atoms with Gasteiger partial charge in [0.15, 0.2) is 0 Å². The first-order valence-corrected chi connectivity index (χ1v) is 7.82. The minimum atomic E-state index is -1.12. The van der Waals surface area contributed by atoms with Crippen LogP contribution in [-0.4, -0.2) is 11.1 Å². The van der Waals surface area contributed by atoms with Gasteiger partial charge in [-0.15, -0.1) is 0 Å². The molecule has 0 unspecified atom stereocenters. The van der Waals surface area contributed by atoms with E-state index >= 15 is 0 Å². The molecule has 0 aliphatic rings. The maximum atomic E-state index is 11.4. The molecule has 0 aromatic heterocycles. The minimum Gasteiger partial charge on any atom is -0.478 e. The van der Waals surface area contributed by atoms with Crippen LogP contribution in [0.4, 0.5) is 0 Å². The van der Waals surface area contributed by atoms with Crippen molar-refractivity contribution in [2.24, 2.45) is 0 Å². The van der Waals surface area contributed by atoms with E-state index in [1.807, 2.05) is 12.1 Å². The van der Waals surface area contributed by atoms with Gasteiger partial charge in [0.2, 0.25) is 0 Å². The van der Waals surface area contributed by atoms with E-state index in [2.05, 4.69) is 0 Å². The zero-order chi connectivity index (χ0) is 19.2. The van der Waals surface area contributed by atoms with Crippen LogP contribution in [0.3, 0.4) is 0 Å². The van der Waals surface area contributed by atoms with Crippen LogP contribution in [0.25, 0.3) is 0 Å². The summed E-state index contributed by atoms with van der Waals surface area (Å²) >= 11 is 0. The summed E-state index contributed by atoms with van der Waals surface area (Å²) in [6, 6.07) is 21.2. The Balaban J connectivity index is 1.88. The lowest BCUT2D eigenvalue weighted by Gasteiger charge is -2.11. The molecule has 1 N–H and O–H groups in total. The average molecular weight is 356 g/mol. The zero-order valence-electron chi connectivity index (χ0n) is 13.9. The second-order valence-corrected chi connectivity index (χ2v) is 5.47. The van der Waals surface area contributed by atoms with Crippen LogP contribution in [0, 0.1) is 22.7 Å². The van der Waals surface area contributed by atoms with Crippen LogP contribution in [0.1, 0.15) is 21.5 Å². The van der Waals surface area contributed by atoms with E-state index in [-0.39, 0.29) is 17.1 Å². The lowest BCUT2D eigenvalue weighted by Crippen LogP contribution is -1.98. The van der Waals surface area contributed by atoms with E-state index in [0.29, 0.717) is 22.6 Å². The van der Waals surface area contributed by atoms with E-state index < -0.39 is 5.97 Å². The monoisotopic (exact) mass is 356 g/mol. The molecule has 3 aromatic carbocycles. The van der Waals surface area contributed by atoms with Crippen LogP contribution in [-0.2, 0) is 0 Å². The molecule has 3 aromatic rings. The summed E-state index contributed by atoms with van der Waals surface area (Å²) in [7, 11) is 0. The second kappa shape index (κ2) is 7.73. The van der Waals surface area contributed by atoms with Crippen molar-refractivity contribution < 1.29 is 19.4 Å². The highest BCUT2D eigenvalue weighted by Gasteiger charge is 2.10. The van der Waals surface area contributed by atoms with Crippen LogP contribution in [0.15, 0.2) is 66.7 Å². The molecule has 0 atom stereocenters. The lowest BCUT2D eigenvalue weighted by molar-refractivity contribution is 0.0696. The van der Waals surface area contributed by atoms with Crippen molar-refractivity contribution in [3.05, 3.63) is 83.4 Å². The Bertz CT molecular complexity index is 982. The molecule has 3 rings (SSSR count). The van der Waals surface area contributed by atoms with Crippen LogP contribution < -0.4 is 9.47 Å². The third-order valence-corrected chi connectivity index (χ3v) is 3.57. The van der Waals surface area contributed by atoms with Gasteiger partial charge >= 0.3 is 5.97 Å². The van der Waals surface area contributed by atoms with Crippen molar-refractivity contribution in [3.63, 3.8) is 0 Å². The number of nitriles is 2. The van der Waals surface area contributed by atoms with Crippen molar-refractivity contribution in [2.45, 2.75) is 0 Å². The Morgan fingerprint density at radius 1 is 0.704 bits per heavy atom. The van der Waals surface area contributed by atoms with Gasteiger partial charge in [-0.25, -0.2) is 4.79 Å². The van der Waals surface area contributed by atoms with E-state index in [4.69, 9.17) is 20.0 Å². The fourth-order valence-electron chi connectivity index (χ4n) is 2.28. The summed E-state index contributed by atoms with van der Waals surface area (Å²) in [6.07, 6.45) is 0. The summed E-state index contributed by atoms with van der Waals surface area (Å²) in [5.41, 5.74) is 0.989. The predicted molar refractivity (Wildman–Crippen MR) is 95.9 cm³/mol. The highest BCUT2D eigenvalue weighted by atomic mass is 16.5. The molecule has 6 nitrogen and oxygen atoms in total. The molecule has 0 amide bonds. The highest BCUT2D eigenvalue weighted by molar-refractivity contribution is 5.88. The number of hydrogen-bond donors (Lipinski definition) is 1. The largest absolute Gasteiger partial charge is 0.478 e. The molecule has 0 fully saturated rings. The Hall–Kier alpha value is -4.29. The first kappa shape index (κ1) is 17.5. The summed E-state index contributed by atoms with van der Waals surface area (Å²) in [6.45, 7) is 0. The molecule has 0 saturated carbocycles. The first-order valence-electron chi connectivity index (χ1n) is 7.82. The SMILES string of the molecule is N#Cc1ccc(Oc2cc(Oc3ccc(C#N)cc3)cc(C(=O)O)c2)cc1. The molecular weight excluding hydrogens is 344 g/mol. The highest BCUT2D eigenvalue weighted by Crippen LogP contribution is 2.30. The Labute approximate surface area is 155 Å². The molecule has 0 aliphatic heterocycles. The van der Waals surface area contributed by atoms with E-state index in [1.54, 1.807) is 54.6 Å². The fraction of sp³-hybridized carbons (Fsp3) is 0. The fourth-order valence-corrected chi connectivity index (χ4v) is 2.28. The van der Waals surface area contributed by atoms with Crippen molar-refractivity contribution in [3.8, 4) is 35.1 Å². The van der Waals surface area contributed by atoms with E-state index in [0.717, 1.165) is 0 Å². The summed E-state index contributed by atoms with van der Waals surface area (Å²) in [5.74, 6) is 0.359. The summed E-state index contributed by atoms with van der Waals surface area (Å²) in [5, 5.41) is 27.0. The molecular formula is C21H12N2O4. The second-order valence-electron chi connectivity index (χ2n) is 5.47. The van der Waals surface area contributed by atoms with Crippen LogP contribution in [0.2, 0.25) is 0 Å². The van der Waals surface area contributed by atoms with Crippen molar-refractivity contribution >= 4 is 5.97 Å². The first-order chi connectivity index (χ1) is 13.1. The number of carboxylic acids is 1. The molecule has 0 aliphatic carbocycles. The number of rotatable bonds is 5. The summed E-state index contributed by atoms with van der Waals surface area (Å²) in [4.78, 5) is 11.4. The predicted octanol–water partition coefficient (Wildman–Crippen LogP) is 4.71. The Kier molecular flexibility index (Phi) is 5.02. The van der Waals surface area contributed by atoms with Gasteiger partial charge in [-0.3, -0.25) is 0 Å². The number of nitrogens with zero attached hydrogens (tertiary/aromatic N) is 2. The topological polar surface area (TPSA) is 103 Å². The van der Waals surface area contributed by atoms with E-state index in [1.165, 1.54) is 12.1 Å². The number of benzene rings is 3. The molecule has 6 heteroatoms. The zero-order valence-corrected chi connectivity index (χ0v) is 13.9. The average Bonchev–Trinajstić information content (AvgIpc) is 2.69. The number of aromatic carboxylic acids is 1. The molecule has 0 saturated heterocycles. The van der Waals surface area contributed by atoms with Gasteiger partial charge < -0.3 is 14.6 Å². The van der Waals surface area contributed by atoms with E-state index in [9.17, 15) is 9.90 Å². The third-order valence-electron chi connectivity index (χ3n) is 3.57. The van der Waals surface area contributed by atoms with Gasteiger partial charge in [0.1, 0.15) is 23.0 Å². The lowest BCUT2D eigenvalue weighted by atomic mass is 10.2. The Morgan fingerprint density at radius 3 is 1.44 bits per heavy atom. The number of carboxylic acid groups (broad SMARTS) is 1. The quantitative estimate of drug-likeness (QED) is 0.710. The smallest absolute Gasteiger partial charge is 0.335 e. The van der Waals surface area contributed by atoms with Crippen molar-refractivity contribution in [1.82, 2.24) is 0 Å². The van der Waals surface area contributed by atoms with Gasteiger partial charge in [0.25, 0.3) is 0 Å². The molecule has 27 heavy (non-hydrogen) atoms. The number of carbonyl (C=O) groups is 1. The van der Waals surface area contributed by atoms with Gasteiger partial charge in [0, 0.05) is 6.07 Å². The molecule has 0 heterocycles. The van der Waals surface area contributed by atoms with Gasteiger partial charge in [-0.2, -0.15) is 10.5 Å². The van der Waals surface area contributed by atoms with Gasteiger partial charge in [-0.1, -0.05) is 0 Å². The molecule has 0 bridgehead atoms. The van der Waals surface area contributed by atoms with Crippen molar-refractivity contribution in [1.29, 1.82) is 10.5 Å².